The minimum Gasteiger partial charge on any atom is -0.346 e. The van der Waals surface area contributed by atoms with Crippen molar-refractivity contribution in [3.05, 3.63) is 71.9 Å². The highest BCUT2D eigenvalue weighted by Gasteiger charge is 2.14. The molecule has 1 heterocycles. The summed E-state index contributed by atoms with van der Waals surface area (Å²) in [7, 11) is 0. The molecule has 0 aliphatic carbocycles. The van der Waals surface area contributed by atoms with Gasteiger partial charge < -0.3 is 5.32 Å². The van der Waals surface area contributed by atoms with Crippen LogP contribution in [-0.4, -0.2) is 33.9 Å². The quantitative estimate of drug-likeness (QED) is 0.400. The molecule has 0 unspecified atom stereocenters. The number of benzene rings is 2. The fourth-order valence-corrected chi connectivity index (χ4v) is 2.78. The van der Waals surface area contributed by atoms with Crippen LogP contribution in [0.4, 0.5) is 0 Å². The molecule has 0 aliphatic rings. The maximum absolute atomic E-state index is 11.8. The van der Waals surface area contributed by atoms with Crippen molar-refractivity contribution in [1.29, 1.82) is 0 Å². The van der Waals surface area contributed by atoms with Crippen LogP contribution in [0.2, 0.25) is 0 Å². The number of aryl methyl sites for hydroxylation is 1. The van der Waals surface area contributed by atoms with Gasteiger partial charge in [-0.3, -0.25) is 9.59 Å². The number of rotatable bonds is 5. The van der Waals surface area contributed by atoms with Crippen LogP contribution < -0.4 is 10.7 Å². The van der Waals surface area contributed by atoms with Gasteiger partial charge in [-0.05, 0) is 32.4 Å². The Labute approximate surface area is 169 Å². The number of carbonyl (C=O) groups excluding carboxylic acids is 2. The first-order chi connectivity index (χ1) is 14.0. The number of nitrogens with zero attached hydrogens (tertiary/aromatic N) is 3. The third-order valence-corrected chi connectivity index (χ3v) is 4.15. The molecule has 7 heteroatoms. The van der Waals surface area contributed by atoms with Gasteiger partial charge in [0.25, 0.3) is 0 Å². The average molecular weight is 389 g/mol. The third-order valence-electron chi connectivity index (χ3n) is 4.15. The van der Waals surface area contributed by atoms with Crippen molar-refractivity contribution in [2.75, 3.05) is 0 Å². The van der Waals surface area contributed by atoms with Crippen molar-refractivity contribution in [2.45, 2.75) is 26.8 Å². The van der Waals surface area contributed by atoms with E-state index in [9.17, 15) is 9.59 Å². The molecule has 0 radical (unpaired) electrons. The molecule has 0 aliphatic heterocycles. The largest absolute Gasteiger partial charge is 0.346 e. The van der Waals surface area contributed by atoms with Gasteiger partial charge in [-0.1, -0.05) is 48.5 Å². The van der Waals surface area contributed by atoms with Gasteiger partial charge in [0.05, 0.1) is 11.9 Å². The Morgan fingerprint density at radius 2 is 1.72 bits per heavy atom. The van der Waals surface area contributed by atoms with Gasteiger partial charge in [-0.15, -0.1) is 0 Å². The van der Waals surface area contributed by atoms with Crippen LogP contribution in [0.25, 0.3) is 16.9 Å². The zero-order valence-electron chi connectivity index (χ0n) is 16.6. The summed E-state index contributed by atoms with van der Waals surface area (Å²) in [5.74, 6) is -1.54. The van der Waals surface area contributed by atoms with Crippen LogP contribution in [-0.2, 0) is 9.59 Å². The van der Waals surface area contributed by atoms with Crippen molar-refractivity contribution in [1.82, 2.24) is 20.5 Å². The standard InChI is InChI=1S/C22H23N5O2/c1-15(2)24-21(28)22(29)25-23-13-18-14-27(19-12-8-7-9-16(19)3)26-20(18)17-10-5-4-6-11-17/h4-15H,1-3H3,(H,24,28)(H,25,29)/b23-13-. The normalized spacial score (nSPS) is 11.0. The van der Waals surface area contributed by atoms with Crippen molar-refractivity contribution < 1.29 is 9.59 Å². The lowest BCUT2D eigenvalue weighted by Gasteiger charge is -2.05. The van der Waals surface area contributed by atoms with E-state index in [4.69, 9.17) is 5.10 Å². The summed E-state index contributed by atoms with van der Waals surface area (Å²) in [5, 5.41) is 11.2. The van der Waals surface area contributed by atoms with Gasteiger partial charge >= 0.3 is 11.8 Å². The molecule has 2 aromatic carbocycles. The summed E-state index contributed by atoms with van der Waals surface area (Å²) < 4.78 is 1.78. The Balaban J connectivity index is 1.90. The Kier molecular flexibility index (Phi) is 6.19. The Bertz CT molecular complexity index is 1040. The molecule has 3 rings (SSSR count). The lowest BCUT2D eigenvalue weighted by molar-refractivity contribution is -0.139. The number of aromatic nitrogens is 2. The molecule has 1 aromatic heterocycles. The van der Waals surface area contributed by atoms with Crippen LogP contribution in [0.5, 0.6) is 0 Å². The molecule has 3 aromatic rings. The number of amides is 2. The lowest BCUT2D eigenvalue weighted by Crippen LogP contribution is -2.41. The first-order valence-corrected chi connectivity index (χ1v) is 9.30. The van der Waals surface area contributed by atoms with Gasteiger partial charge in [-0.25, -0.2) is 10.1 Å². The van der Waals surface area contributed by atoms with E-state index in [0.29, 0.717) is 5.56 Å². The number of para-hydroxylation sites is 1. The van der Waals surface area contributed by atoms with Gasteiger partial charge in [0, 0.05) is 23.4 Å². The highest BCUT2D eigenvalue weighted by atomic mass is 16.2. The molecule has 0 spiro atoms. The first-order valence-electron chi connectivity index (χ1n) is 9.30. The van der Waals surface area contributed by atoms with E-state index in [-0.39, 0.29) is 6.04 Å². The van der Waals surface area contributed by atoms with E-state index < -0.39 is 11.8 Å². The zero-order valence-corrected chi connectivity index (χ0v) is 16.6. The van der Waals surface area contributed by atoms with Crippen LogP contribution in [0.15, 0.2) is 65.9 Å². The number of hydrogen-bond donors (Lipinski definition) is 2. The van der Waals surface area contributed by atoms with Gasteiger partial charge in [0.2, 0.25) is 0 Å². The molecular weight excluding hydrogens is 366 g/mol. The molecule has 0 atom stereocenters. The summed E-state index contributed by atoms with van der Waals surface area (Å²) in [6.07, 6.45) is 3.33. The first kappa shape index (κ1) is 20.0. The second-order valence-corrected chi connectivity index (χ2v) is 6.86. The molecule has 148 valence electrons. The molecule has 0 saturated heterocycles. The highest BCUT2D eigenvalue weighted by Crippen LogP contribution is 2.23. The molecule has 0 fully saturated rings. The Hall–Kier alpha value is -3.74. The minimum atomic E-state index is -0.817. The van der Waals surface area contributed by atoms with Crippen molar-refractivity contribution >= 4 is 18.0 Å². The molecule has 0 saturated carbocycles. The minimum absolute atomic E-state index is 0.130. The van der Waals surface area contributed by atoms with Crippen LogP contribution in [0.1, 0.15) is 25.0 Å². The summed E-state index contributed by atoms with van der Waals surface area (Å²) in [6, 6.07) is 17.5. The second-order valence-electron chi connectivity index (χ2n) is 6.86. The lowest BCUT2D eigenvalue weighted by atomic mass is 10.1. The fourth-order valence-electron chi connectivity index (χ4n) is 2.78. The summed E-state index contributed by atoms with van der Waals surface area (Å²) in [6.45, 7) is 5.57. The third kappa shape index (κ3) is 4.95. The smallest absolute Gasteiger partial charge is 0.329 e. The molecule has 2 N–H and O–H groups in total. The summed E-state index contributed by atoms with van der Waals surface area (Å²) in [5.41, 5.74) is 6.64. The summed E-state index contributed by atoms with van der Waals surface area (Å²) in [4.78, 5) is 23.5. The van der Waals surface area contributed by atoms with E-state index in [1.807, 2.05) is 67.7 Å². The van der Waals surface area contributed by atoms with E-state index >= 15 is 0 Å². The number of hydrazone groups is 1. The van der Waals surface area contributed by atoms with Gasteiger partial charge in [0.15, 0.2) is 0 Å². The van der Waals surface area contributed by atoms with Crippen molar-refractivity contribution in [3.8, 4) is 16.9 Å². The van der Waals surface area contributed by atoms with Crippen LogP contribution in [0, 0.1) is 6.92 Å². The molecule has 29 heavy (non-hydrogen) atoms. The molecule has 2 amide bonds. The number of carbonyl (C=O) groups is 2. The monoisotopic (exact) mass is 389 g/mol. The molecule has 7 nitrogen and oxygen atoms in total. The molecular formula is C22H23N5O2. The van der Waals surface area contributed by atoms with E-state index in [1.165, 1.54) is 6.21 Å². The number of nitrogens with one attached hydrogen (secondary N) is 2. The van der Waals surface area contributed by atoms with Crippen LogP contribution >= 0.6 is 0 Å². The van der Waals surface area contributed by atoms with Crippen molar-refractivity contribution in [2.24, 2.45) is 5.10 Å². The fraction of sp³-hybridized carbons (Fsp3) is 0.182. The van der Waals surface area contributed by atoms with E-state index in [0.717, 1.165) is 22.5 Å². The number of hydrogen-bond acceptors (Lipinski definition) is 4. The van der Waals surface area contributed by atoms with Gasteiger partial charge in [0.1, 0.15) is 5.69 Å². The predicted molar refractivity (Wildman–Crippen MR) is 113 cm³/mol. The second kappa shape index (κ2) is 8.97. The summed E-state index contributed by atoms with van der Waals surface area (Å²) >= 11 is 0. The average Bonchev–Trinajstić information content (AvgIpc) is 3.12. The van der Waals surface area contributed by atoms with E-state index in [1.54, 1.807) is 18.5 Å². The topological polar surface area (TPSA) is 88.4 Å². The highest BCUT2D eigenvalue weighted by molar-refractivity contribution is 6.35. The Morgan fingerprint density at radius 1 is 1.03 bits per heavy atom. The van der Waals surface area contributed by atoms with Crippen LogP contribution in [0.3, 0.4) is 0 Å². The zero-order chi connectivity index (χ0) is 20.8. The molecule has 0 bridgehead atoms. The van der Waals surface area contributed by atoms with Crippen molar-refractivity contribution in [3.63, 3.8) is 0 Å². The Morgan fingerprint density at radius 3 is 2.41 bits per heavy atom. The van der Waals surface area contributed by atoms with E-state index in [2.05, 4.69) is 15.8 Å². The SMILES string of the molecule is Cc1ccccc1-n1cc(/C=N\NC(=O)C(=O)NC(C)C)c(-c2ccccc2)n1. The maximum Gasteiger partial charge on any atom is 0.329 e. The van der Waals surface area contributed by atoms with Gasteiger partial charge in [-0.2, -0.15) is 10.2 Å². The maximum atomic E-state index is 11.8. The predicted octanol–water partition coefficient (Wildman–Crippen LogP) is 2.82.